The maximum absolute atomic E-state index is 10.1. The van der Waals surface area contributed by atoms with Crippen molar-refractivity contribution in [2.75, 3.05) is 0 Å². The monoisotopic (exact) mass is 610 g/mol. The molecule has 0 spiro atoms. The molecule has 9 rings (SSSR count). The van der Waals surface area contributed by atoms with Crippen LogP contribution in [0.15, 0.2) is 158 Å². The van der Waals surface area contributed by atoms with Crippen LogP contribution in [0.25, 0.3) is 82.1 Å². The lowest BCUT2D eigenvalue weighted by atomic mass is 9.92. The number of rotatable bonds is 4. The van der Waals surface area contributed by atoms with E-state index in [9.17, 15) is 5.26 Å². The van der Waals surface area contributed by atoms with Gasteiger partial charge in [-0.05, 0) is 65.2 Å². The summed E-state index contributed by atoms with van der Waals surface area (Å²) in [6.45, 7) is 7.93. The van der Waals surface area contributed by atoms with Crippen LogP contribution in [0, 0.1) is 17.9 Å². The van der Waals surface area contributed by atoms with Crippen molar-refractivity contribution >= 4 is 49.3 Å². The van der Waals surface area contributed by atoms with Crippen LogP contribution >= 0.6 is 0 Å². The normalized spacial score (nSPS) is 11.3. The van der Waals surface area contributed by atoms with Gasteiger partial charge in [-0.15, -0.1) is 0 Å². The Bertz CT molecular complexity index is 2690. The standard InChI is InChI=1S/C44H26N4/c1-46-39-27-44(48-42-20-10-6-16-36(42)37-17-7-11-21-43(37)48)38(26-30(39)28-45)33-13-3-2-12-32(33)29-22-24-31(25-23-29)47-40-18-8-4-14-34(40)35-15-5-9-19-41(35)47/h2-27H. The molecule has 0 aliphatic heterocycles. The first-order valence-electron chi connectivity index (χ1n) is 15.9. The van der Waals surface area contributed by atoms with E-state index in [1.54, 1.807) is 0 Å². The Morgan fingerprint density at radius 3 is 1.44 bits per heavy atom. The minimum Gasteiger partial charge on any atom is -0.310 e. The molecule has 2 heterocycles. The van der Waals surface area contributed by atoms with Crippen molar-refractivity contribution < 1.29 is 0 Å². The Balaban J connectivity index is 1.26. The quantitative estimate of drug-likeness (QED) is 0.183. The van der Waals surface area contributed by atoms with Gasteiger partial charge < -0.3 is 9.13 Å². The number of nitrogens with zero attached hydrogens (tertiary/aromatic N) is 4. The molecule has 0 N–H and O–H groups in total. The average Bonchev–Trinajstić information content (AvgIpc) is 3.67. The molecular weight excluding hydrogens is 585 g/mol. The van der Waals surface area contributed by atoms with Crippen LogP contribution in [-0.4, -0.2) is 9.13 Å². The fourth-order valence-electron chi connectivity index (χ4n) is 7.30. The van der Waals surface area contributed by atoms with Crippen molar-refractivity contribution in [3.8, 4) is 39.7 Å². The van der Waals surface area contributed by atoms with Gasteiger partial charge in [0.25, 0.3) is 0 Å². The van der Waals surface area contributed by atoms with Gasteiger partial charge in [-0.1, -0.05) is 109 Å². The molecule has 2 aromatic heterocycles. The number of fused-ring (bicyclic) bond motifs is 6. The van der Waals surface area contributed by atoms with E-state index in [1.165, 1.54) is 21.8 Å². The molecule has 0 unspecified atom stereocenters. The Morgan fingerprint density at radius 2 is 0.938 bits per heavy atom. The SMILES string of the molecule is [C-]#[N+]c1cc(-n2c3ccccc3c3ccccc32)c(-c2ccccc2-c2ccc(-n3c4ccccc4c4ccccc43)cc2)cc1C#N. The maximum Gasteiger partial charge on any atom is 0.206 e. The number of hydrogen-bond donors (Lipinski definition) is 0. The van der Waals surface area contributed by atoms with Crippen molar-refractivity contribution in [3.05, 3.63) is 175 Å². The molecule has 0 radical (unpaired) electrons. The third-order valence-corrected chi connectivity index (χ3v) is 9.41. The minimum atomic E-state index is 0.339. The lowest BCUT2D eigenvalue weighted by molar-refractivity contribution is 1.18. The molecule has 4 heteroatoms. The first-order chi connectivity index (χ1) is 23.7. The van der Waals surface area contributed by atoms with Crippen LogP contribution in [-0.2, 0) is 0 Å². The zero-order valence-electron chi connectivity index (χ0n) is 25.8. The van der Waals surface area contributed by atoms with Crippen LogP contribution in [0.5, 0.6) is 0 Å². The molecule has 0 bridgehead atoms. The molecule has 0 aliphatic carbocycles. The summed E-state index contributed by atoms with van der Waals surface area (Å²) in [7, 11) is 0. The molecule has 222 valence electrons. The maximum atomic E-state index is 10.1. The molecule has 0 saturated carbocycles. The van der Waals surface area contributed by atoms with E-state index >= 15 is 0 Å². The number of benzene rings is 7. The van der Waals surface area contributed by atoms with Gasteiger partial charge >= 0.3 is 0 Å². The van der Waals surface area contributed by atoms with Crippen molar-refractivity contribution in [2.24, 2.45) is 0 Å². The van der Waals surface area contributed by atoms with E-state index in [4.69, 9.17) is 6.57 Å². The molecule has 0 fully saturated rings. The van der Waals surface area contributed by atoms with Crippen molar-refractivity contribution in [2.45, 2.75) is 0 Å². The highest BCUT2D eigenvalue weighted by Crippen LogP contribution is 2.42. The topological polar surface area (TPSA) is 38.0 Å². The first-order valence-corrected chi connectivity index (χ1v) is 15.9. The number of aromatic nitrogens is 2. The average molecular weight is 611 g/mol. The molecule has 0 saturated heterocycles. The van der Waals surface area contributed by atoms with Crippen molar-refractivity contribution in [1.29, 1.82) is 5.26 Å². The zero-order valence-corrected chi connectivity index (χ0v) is 25.8. The third-order valence-electron chi connectivity index (χ3n) is 9.41. The molecule has 7 aromatic carbocycles. The van der Waals surface area contributed by atoms with Crippen molar-refractivity contribution in [1.82, 2.24) is 9.13 Å². The predicted octanol–water partition coefficient (Wildman–Crippen LogP) is 11.6. The van der Waals surface area contributed by atoms with E-state index in [0.717, 1.165) is 55.4 Å². The summed E-state index contributed by atoms with van der Waals surface area (Å²) in [5, 5.41) is 14.9. The van der Waals surface area contributed by atoms with Gasteiger partial charge in [0.1, 0.15) is 0 Å². The second-order valence-electron chi connectivity index (χ2n) is 11.9. The highest BCUT2D eigenvalue weighted by atomic mass is 15.0. The fourth-order valence-corrected chi connectivity index (χ4v) is 7.30. The Kier molecular flexibility index (Phi) is 6.22. The third kappa shape index (κ3) is 4.07. The van der Waals surface area contributed by atoms with Gasteiger partial charge in [0.05, 0.1) is 40.3 Å². The van der Waals surface area contributed by atoms with E-state index in [-0.39, 0.29) is 0 Å². The Morgan fingerprint density at radius 1 is 0.479 bits per heavy atom. The largest absolute Gasteiger partial charge is 0.310 e. The second-order valence-corrected chi connectivity index (χ2v) is 11.9. The molecule has 9 aromatic rings. The summed E-state index contributed by atoms with van der Waals surface area (Å²) < 4.78 is 4.56. The van der Waals surface area contributed by atoms with Crippen LogP contribution < -0.4 is 0 Å². The molecule has 0 atom stereocenters. The van der Waals surface area contributed by atoms with Gasteiger partial charge in [-0.3, -0.25) is 0 Å². The fraction of sp³-hybridized carbons (Fsp3) is 0. The molecule has 0 amide bonds. The van der Waals surface area contributed by atoms with Crippen molar-refractivity contribution in [3.63, 3.8) is 0 Å². The number of nitriles is 1. The molecule has 48 heavy (non-hydrogen) atoms. The number of para-hydroxylation sites is 4. The van der Waals surface area contributed by atoms with Gasteiger partial charge in [0.2, 0.25) is 5.69 Å². The predicted molar refractivity (Wildman–Crippen MR) is 197 cm³/mol. The Hall–Kier alpha value is -6.88. The highest BCUT2D eigenvalue weighted by Gasteiger charge is 2.20. The summed E-state index contributed by atoms with van der Waals surface area (Å²) in [6.07, 6.45) is 0. The van der Waals surface area contributed by atoms with Gasteiger partial charge in [0.15, 0.2) is 0 Å². The second kappa shape index (κ2) is 10.9. The van der Waals surface area contributed by atoms with Gasteiger partial charge in [0, 0.05) is 38.5 Å². The summed E-state index contributed by atoms with van der Waals surface area (Å²) in [5.41, 5.74) is 11.1. The summed E-state index contributed by atoms with van der Waals surface area (Å²) in [4.78, 5) is 3.78. The zero-order chi connectivity index (χ0) is 32.2. The van der Waals surface area contributed by atoms with Gasteiger partial charge in [-0.2, -0.15) is 5.26 Å². The van der Waals surface area contributed by atoms with Crippen LogP contribution in [0.3, 0.4) is 0 Å². The van der Waals surface area contributed by atoms with E-state index in [2.05, 4.69) is 147 Å². The highest BCUT2D eigenvalue weighted by molar-refractivity contribution is 6.11. The first kappa shape index (κ1) is 27.4. The smallest absolute Gasteiger partial charge is 0.206 e. The molecule has 0 aliphatic rings. The van der Waals surface area contributed by atoms with E-state index < -0.39 is 0 Å². The lowest BCUT2D eigenvalue weighted by Gasteiger charge is -2.18. The van der Waals surface area contributed by atoms with Crippen LogP contribution in [0.1, 0.15) is 5.56 Å². The molecule has 4 nitrogen and oxygen atoms in total. The summed E-state index contributed by atoms with van der Waals surface area (Å²) in [6, 6.07) is 56.9. The van der Waals surface area contributed by atoms with Gasteiger partial charge in [-0.25, -0.2) is 4.85 Å². The minimum absolute atomic E-state index is 0.339. The van der Waals surface area contributed by atoms with Crippen LogP contribution in [0.4, 0.5) is 5.69 Å². The van der Waals surface area contributed by atoms with Crippen LogP contribution in [0.2, 0.25) is 0 Å². The molecular formula is C44H26N4. The summed E-state index contributed by atoms with van der Waals surface area (Å²) in [5.74, 6) is 0. The lowest BCUT2D eigenvalue weighted by Crippen LogP contribution is -1.99. The Labute approximate surface area is 277 Å². The van der Waals surface area contributed by atoms with E-state index in [1.807, 2.05) is 30.3 Å². The van der Waals surface area contributed by atoms with E-state index in [0.29, 0.717) is 11.3 Å². The summed E-state index contributed by atoms with van der Waals surface area (Å²) >= 11 is 0. The number of hydrogen-bond acceptors (Lipinski definition) is 1.